The monoisotopic (exact) mass is 461 g/mol. The zero-order valence-corrected chi connectivity index (χ0v) is 20.4. The number of Topliss-reactive ketones (excluding diaryl/α,β-unsaturated/α-hetero) is 1. The lowest BCUT2D eigenvalue weighted by Crippen LogP contribution is -2.30. The number of aryl methyl sites for hydroxylation is 1. The van der Waals surface area contributed by atoms with Gasteiger partial charge in [-0.3, -0.25) is 19.4 Å². The molecule has 4 heterocycles. The van der Waals surface area contributed by atoms with Gasteiger partial charge in [-0.15, -0.1) is 0 Å². The minimum absolute atomic E-state index is 0.121. The van der Waals surface area contributed by atoms with E-state index in [9.17, 15) is 4.79 Å². The van der Waals surface area contributed by atoms with Crippen LogP contribution in [0.25, 0.3) is 22.2 Å². The normalized spacial score (nSPS) is 21.7. The Hall–Kier alpha value is -2.64. The van der Waals surface area contributed by atoms with Gasteiger partial charge in [-0.05, 0) is 69.8 Å². The summed E-state index contributed by atoms with van der Waals surface area (Å²) in [5.74, 6) is 0.407. The molecule has 0 radical (unpaired) electrons. The SMILES string of the molecule is COC1CCC(C(=O)Cc2cc3nc(-c4cnn(C)c4CN4CCCCC4)ccc3cn2)CC1. The topological polar surface area (TPSA) is 73.1 Å². The summed E-state index contributed by atoms with van der Waals surface area (Å²) < 4.78 is 7.42. The molecule has 3 aromatic heterocycles. The van der Waals surface area contributed by atoms with Crippen molar-refractivity contribution in [3.63, 3.8) is 0 Å². The van der Waals surface area contributed by atoms with E-state index in [1.165, 1.54) is 25.0 Å². The third kappa shape index (κ3) is 5.05. The number of likely N-dealkylation sites (tertiary alicyclic amines) is 1. The van der Waals surface area contributed by atoms with Gasteiger partial charge < -0.3 is 4.74 Å². The molecule has 3 aromatic rings. The molecule has 7 heteroatoms. The van der Waals surface area contributed by atoms with Crippen molar-refractivity contribution in [2.45, 2.75) is 64.0 Å². The van der Waals surface area contributed by atoms with Crippen LogP contribution in [-0.2, 0) is 29.5 Å². The molecule has 1 aliphatic heterocycles. The van der Waals surface area contributed by atoms with Crippen molar-refractivity contribution in [2.75, 3.05) is 20.2 Å². The first-order chi connectivity index (χ1) is 16.6. The fraction of sp³-hybridized carbons (Fsp3) is 0.556. The number of pyridine rings is 2. The summed E-state index contributed by atoms with van der Waals surface area (Å²) in [6.45, 7) is 3.19. The Morgan fingerprint density at radius 3 is 2.65 bits per heavy atom. The van der Waals surface area contributed by atoms with Gasteiger partial charge in [0, 0.05) is 55.9 Å². The Labute approximate surface area is 201 Å². The van der Waals surface area contributed by atoms with Crippen LogP contribution >= 0.6 is 0 Å². The molecule has 2 aliphatic rings. The minimum Gasteiger partial charge on any atom is -0.381 e. The molecule has 0 N–H and O–H groups in total. The number of methoxy groups -OCH3 is 1. The first-order valence-electron chi connectivity index (χ1n) is 12.7. The van der Waals surface area contributed by atoms with Gasteiger partial charge in [-0.25, -0.2) is 4.98 Å². The van der Waals surface area contributed by atoms with E-state index in [0.29, 0.717) is 12.5 Å². The molecule has 5 rings (SSSR count). The highest BCUT2D eigenvalue weighted by molar-refractivity contribution is 5.85. The van der Waals surface area contributed by atoms with Crippen LogP contribution < -0.4 is 0 Å². The number of carbonyl (C=O) groups excluding carboxylic acids is 1. The fourth-order valence-electron chi connectivity index (χ4n) is 5.44. The van der Waals surface area contributed by atoms with Gasteiger partial charge in [0.25, 0.3) is 0 Å². The minimum atomic E-state index is 0.121. The fourth-order valence-corrected chi connectivity index (χ4v) is 5.44. The zero-order valence-electron chi connectivity index (χ0n) is 20.4. The summed E-state index contributed by atoms with van der Waals surface area (Å²) in [6, 6.07) is 6.11. The van der Waals surface area contributed by atoms with Gasteiger partial charge in [0.05, 0.1) is 29.2 Å². The van der Waals surface area contributed by atoms with Crippen LogP contribution in [0.2, 0.25) is 0 Å². The Morgan fingerprint density at radius 2 is 1.88 bits per heavy atom. The van der Waals surface area contributed by atoms with Gasteiger partial charge in [-0.2, -0.15) is 5.10 Å². The molecular weight excluding hydrogens is 426 g/mol. The average Bonchev–Trinajstić information content (AvgIpc) is 3.24. The van der Waals surface area contributed by atoms with Crippen LogP contribution in [-0.4, -0.2) is 56.7 Å². The summed E-state index contributed by atoms with van der Waals surface area (Å²) >= 11 is 0. The summed E-state index contributed by atoms with van der Waals surface area (Å²) in [5.41, 5.74) is 4.89. The highest BCUT2D eigenvalue weighted by Gasteiger charge is 2.26. The second-order valence-corrected chi connectivity index (χ2v) is 9.88. The third-order valence-electron chi connectivity index (χ3n) is 7.61. The Bertz CT molecular complexity index is 1140. The standard InChI is InChI=1S/C27H35N5O2/c1-31-26(18-32-12-4-3-5-13-32)23(17-29-31)24-11-8-20-16-28-21(14-25(20)30-24)15-27(33)19-6-9-22(34-2)10-7-19/h8,11,14,16-17,19,22H,3-7,9-10,12-13,15,18H2,1-2H3. The van der Waals surface area contributed by atoms with Crippen molar-refractivity contribution in [3.05, 3.63) is 42.0 Å². The van der Waals surface area contributed by atoms with Crippen molar-refractivity contribution in [1.29, 1.82) is 0 Å². The van der Waals surface area contributed by atoms with Gasteiger partial charge in [0.1, 0.15) is 5.78 Å². The van der Waals surface area contributed by atoms with Crippen molar-refractivity contribution >= 4 is 16.7 Å². The van der Waals surface area contributed by atoms with Crippen molar-refractivity contribution in [3.8, 4) is 11.3 Å². The third-order valence-corrected chi connectivity index (χ3v) is 7.61. The lowest BCUT2D eigenvalue weighted by atomic mass is 9.83. The number of ether oxygens (including phenoxy) is 1. The molecule has 0 spiro atoms. The zero-order chi connectivity index (χ0) is 23.5. The highest BCUT2D eigenvalue weighted by Crippen LogP contribution is 2.29. The number of hydrogen-bond acceptors (Lipinski definition) is 6. The highest BCUT2D eigenvalue weighted by atomic mass is 16.5. The lowest BCUT2D eigenvalue weighted by molar-refractivity contribution is -0.124. The Kier molecular flexibility index (Phi) is 7.02. The van der Waals surface area contributed by atoms with E-state index in [1.54, 1.807) is 7.11 Å². The molecule has 0 unspecified atom stereocenters. The van der Waals surface area contributed by atoms with E-state index < -0.39 is 0 Å². The molecule has 0 amide bonds. The summed E-state index contributed by atoms with van der Waals surface area (Å²) in [6.07, 6.45) is 12.1. The Balaban J connectivity index is 1.34. The van der Waals surface area contributed by atoms with Crippen molar-refractivity contribution in [1.82, 2.24) is 24.6 Å². The lowest BCUT2D eigenvalue weighted by Gasteiger charge is -2.26. The van der Waals surface area contributed by atoms with Crippen LogP contribution in [0.5, 0.6) is 0 Å². The largest absolute Gasteiger partial charge is 0.381 e. The molecule has 0 atom stereocenters. The van der Waals surface area contributed by atoms with E-state index in [0.717, 1.165) is 73.2 Å². The van der Waals surface area contributed by atoms with Crippen LogP contribution in [0.4, 0.5) is 0 Å². The molecule has 1 saturated heterocycles. The van der Waals surface area contributed by atoms with E-state index in [-0.39, 0.29) is 11.7 Å². The van der Waals surface area contributed by atoms with E-state index >= 15 is 0 Å². The molecule has 2 fully saturated rings. The van der Waals surface area contributed by atoms with Crippen molar-refractivity contribution in [2.24, 2.45) is 13.0 Å². The van der Waals surface area contributed by atoms with Gasteiger partial charge >= 0.3 is 0 Å². The summed E-state index contributed by atoms with van der Waals surface area (Å²) in [5, 5.41) is 5.53. The number of hydrogen-bond donors (Lipinski definition) is 0. The van der Waals surface area contributed by atoms with Gasteiger partial charge in [-0.1, -0.05) is 6.42 Å². The number of nitrogens with zero attached hydrogens (tertiary/aromatic N) is 5. The van der Waals surface area contributed by atoms with E-state index in [2.05, 4.69) is 27.1 Å². The first-order valence-corrected chi connectivity index (χ1v) is 12.7. The predicted molar refractivity (Wildman–Crippen MR) is 132 cm³/mol. The maximum atomic E-state index is 12.9. The molecule has 1 saturated carbocycles. The Morgan fingerprint density at radius 1 is 1.09 bits per heavy atom. The number of carbonyl (C=O) groups is 1. The molecule has 180 valence electrons. The smallest absolute Gasteiger partial charge is 0.141 e. The van der Waals surface area contributed by atoms with Crippen LogP contribution in [0.3, 0.4) is 0 Å². The van der Waals surface area contributed by atoms with Crippen molar-refractivity contribution < 1.29 is 9.53 Å². The second kappa shape index (κ2) is 10.3. The number of fused-ring (bicyclic) bond motifs is 1. The predicted octanol–water partition coefficient (Wildman–Crippen LogP) is 4.33. The second-order valence-electron chi connectivity index (χ2n) is 9.88. The van der Waals surface area contributed by atoms with Crippen LogP contribution in [0, 0.1) is 5.92 Å². The summed E-state index contributed by atoms with van der Waals surface area (Å²) in [7, 11) is 3.77. The van der Waals surface area contributed by atoms with Crippen LogP contribution in [0.1, 0.15) is 56.3 Å². The van der Waals surface area contributed by atoms with E-state index in [1.807, 2.05) is 30.2 Å². The van der Waals surface area contributed by atoms with E-state index in [4.69, 9.17) is 9.72 Å². The quantitative estimate of drug-likeness (QED) is 0.521. The molecule has 7 nitrogen and oxygen atoms in total. The van der Waals surface area contributed by atoms with Gasteiger partial charge in [0.15, 0.2) is 0 Å². The molecule has 0 bridgehead atoms. The maximum absolute atomic E-state index is 12.9. The van der Waals surface area contributed by atoms with Gasteiger partial charge in [0.2, 0.25) is 0 Å². The maximum Gasteiger partial charge on any atom is 0.141 e. The average molecular weight is 462 g/mol. The number of aromatic nitrogens is 4. The number of rotatable bonds is 7. The number of ketones is 1. The van der Waals surface area contributed by atoms with Crippen LogP contribution in [0.15, 0.2) is 30.6 Å². The molecule has 1 aliphatic carbocycles. The molecular formula is C27H35N5O2. The molecule has 0 aromatic carbocycles. The molecule has 34 heavy (non-hydrogen) atoms. The first kappa shape index (κ1) is 23.1. The number of piperidine rings is 1. The summed E-state index contributed by atoms with van der Waals surface area (Å²) in [4.78, 5) is 25.0.